The molecule has 1 aliphatic heterocycles. The molecule has 0 radical (unpaired) electrons. The molecule has 0 fully saturated rings. The van der Waals surface area contributed by atoms with E-state index in [-0.39, 0.29) is 11.1 Å². The smallest absolute Gasteiger partial charge is 0.334 e. The Morgan fingerprint density at radius 3 is 2.60 bits per heavy atom. The Bertz CT molecular complexity index is 541. The number of thioether (sulfide) groups is 1. The zero-order valence-corrected chi connectivity index (χ0v) is 13.4. The Labute approximate surface area is 128 Å². The fourth-order valence-corrected chi connectivity index (χ4v) is 3.01. The molecular formula is C13H14BrF3N2S. The van der Waals surface area contributed by atoms with Gasteiger partial charge in [0.1, 0.15) is 0 Å². The van der Waals surface area contributed by atoms with Gasteiger partial charge in [-0.25, -0.2) is 0 Å². The Morgan fingerprint density at radius 2 is 2.05 bits per heavy atom. The quantitative estimate of drug-likeness (QED) is 0.755. The molecular weight excluding hydrogens is 353 g/mol. The monoisotopic (exact) mass is 366 g/mol. The Morgan fingerprint density at radius 1 is 1.35 bits per heavy atom. The van der Waals surface area contributed by atoms with Gasteiger partial charge in [0.25, 0.3) is 0 Å². The third-order valence-electron chi connectivity index (χ3n) is 2.78. The van der Waals surface area contributed by atoms with Crippen molar-refractivity contribution in [3.05, 3.63) is 28.2 Å². The molecule has 0 atom stereocenters. The van der Waals surface area contributed by atoms with Crippen LogP contribution in [0.15, 0.2) is 27.7 Å². The number of alkyl halides is 3. The summed E-state index contributed by atoms with van der Waals surface area (Å²) in [5, 5.41) is 3.33. The summed E-state index contributed by atoms with van der Waals surface area (Å²) in [7, 11) is 0. The van der Waals surface area contributed by atoms with Gasteiger partial charge in [-0.15, -0.1) is 0 Å². The van der Waals surface area contributed by atoms with Gasteiger partial charge < -0.3 is 5.32 Å². The van der Waals surface area contributed by atoms with E-state index < -0.39 is 11.7 Å². The number of nitrogens with zero attached hydrogens (tertiary/aromatic N) is 1. The standard InChI is InChI=1S/C13H14BrF3N2S/c1-12(2)6-18-11(20-7-12)19-10-4-3-8(14)5-9(10)13(15,16)17/h3-5H,6-7H2,1-2H3,(H,18,19). The second kappa shape index (κ2) is 5.60. The van der Waals surface area contributed by atoms with E-state index in [0.717, 1.165) is 11.8 Å². The van der Waals surface area contributed by atoms with Gasteiger partial charge in [-0.3, -0.25) is 4.99 Å². The van der Waals surface area contributed by atoms with Gasteiger partial charge in [0, 0.05) is 16.8 Å². The first-order chi connectivity index (χ1) is 9.17. The maximum absolute atomic E-state index is 13.0. The van der Waals surface area contributed by atoms with Gasteiger partial charge in [-0.2, -0.15) is 13.2 Å². The summed E-state index contributed by atoms with van der Waals surface area (Å²) >= 11 is 4.51. The molecule has 0 aliphatic carbocycles. The Kier molecular flexibility index (Phi) is 4.39. The first kappa shape index (κ1) is 15.7. The molecule has 2 nitrogen and oxygen atoms in total. The maximum Gasteiger partial charge on any atom is 0.418 e. The number of amidine groups is 1. The average Bonchev–Trinajstić information content (AvgIpc) is 2.33. The zero-order chi connectivity index (χ0) is 15.0. The third kappa shape index (κ3) is 3.91. The lowest BCUT2D eigenvalue weighted by atomic mass is 9.97. The topological polar surface area (TPSA) is 24.4 Å². The van der Waals surface area contributed by atoms with Crippen molar-refractivity contribution in [2.75, 3.05) is 17.6 Å². The summed E-state index contributed by atoms with van der Waals surface area (Å²) in [6.45, 7) is 4.78. The second-order valence-corrected chi connectivity index (χ2v) is 7.27. The molecule has 0 saturated carbocycles. The van der Waals surface area contributed by atoms with Crippen LogP contribution in [0.2, 0.25) is 0 Å². The van der Waals surface area contributed by atoms with Crippen molar-refractivity contribution in [1.82, 2.24) is 0 Å². The summed E-state index contributed by atoms with van der Waals surface area (Å²) in [5.41, 5.74) is -0.575. The number of aliphatic imine (C=N–C) groups is 1. The van der Waals surface area contributed by atoms with Crippen LogP contribution < -0.4 is 5.32 Å². The van der Waals surface area contributed by atoms with Crippen LogP contribution in [0, 0.1) is 5.41 Å². The molecule has 1 aromatic rings. The van der Waals surface area contributed by atoms with Gasteiger partial charge in [0.05, 0.1) is 11.3 Å². The third-order valence-corrected chi connectivity index (χ3v) is 4.70. The normalized spacial score (nSPS) is 18.6. The number of anilines is 1. The number of hydrogen-bond acceptors (Lipinski definition) is 3. The number of rotatable bonds is 1. The van der Waals surface area contributed by atoms with E-state index in [9.17, 15) is 13.2 Å². The number of halogens is 4. The molecule has 1 heterocycles. The van der Waals surface area contributed by atoms with E-state index >= 15 is 0 Å². The van der Waals surface area contributed by atoms with Gasteiger partial charge in [0.15, 0.2) is 5.17 Å². The molecule has 0 aromatic heterocycles. The van der Waals surface area contributed by atoms with Crippen LogP contribution in [0.4, 0.5) is 18.9 Å². The highest BCUT2D eigenvalue weighted by Gasteiger charge is 2.34. The van der Waals surface area contributed by atoms with Crippen molar-refractivity contribution in [3.8, 4) is 0 Å². The van der Waals surface area contributed by atoms with Crippen molar-refractivity contribution < 1.29 is 13.2 Å². The van der Waals surface area contributed by atoms with Crippen molar-refractivity contribution >= 4 is 38.5 Å². The van der Waals surface area contributed by atoms with Crippen LogP contribution in [-0.4, -0.2) is 17.5 Å². The molecule has 1 N–H and O–H groups in total. The predicted octanol–water partition coefficient (Wildman–Crippen LogP) is 5.01. The molecule has 0 unspecified atom stereocenters. The van der Waals surface area contributed by atoms with E-state index in [1.54, 1.807) is 6.07 Å². The molecule has 0 spiro atoms. The van der Waals surface area contributed by atoms with Crippen molar-refractivity contribution in [2.45, 2.75) is 20.0 Å². The maximum atomic E-state index is 13.0. The SMILES string of the molecule is CC1(C)CN=C(Nc2ccc(Br)cc2C(F)(F)F)SC1. The van der Waals surface area contributed by atoms with Crippen LogP contribution in [0.3, 0.4) is 0 Å². The van der Waals surface area contributed by atoms with E-state index in [0.29, 0.717) is 16.2 Å². The van der Waals surface area contributed by atoms with Crippen LogP contribution in [0.5, 0.6) is 0 Å². The highest BCUT2D eigenvalue weighted by Crippen LogP contribution is 2.37. The molecule has 1 aromatic carbocycles. The second-order valence-electron chi connectivity index (χ2n) is 5.39. The van der Waals surface area contributed by atoms with Crippen molar-refractivity contribution in [3.63, 3.8) is 0 Å². The molecule has 1 aliphatic rings. The van der Waals surface area contributed by atoms with Gasteiger partial charge >= 0.3 is 6.18 Å². The van der Waals surface area contributed by atoms with Crippen LogP contribution in [0.1, 0.15) is 19.4 Å². The minimum atomic E-state index is -4.40. The molecule has 2 rings (SSSR count). The first-order valence-electron chi connectivity index (χ1n) is 5.98. The molecule has 0 bridgehead atoms. The zero-order valence-electron chi connectivity index (χ0n) is 11.0. The van der Waals surface area contributed by atoms with Crippen LogP contribution in [0.25, 0.3) is 0 Å². The van der Waals surface area contributed by atoms with E-state index in [1.807, 2.05) is 0 Å². The summed E-state index contributed by atoms with van der Waals surface area (Å²) < 4.78 is 39.4. The predicted molar refractivity (Wildman–Crippen MR) is 81.3 cm³/mol. The number of hydrogen-bond donors (Lipinski definition) is 1. The van der Waals surface area contributed by atoms with Crippen LogP contribution >= 0.6 is 27.7 Å². The highest BCUT2D eigenvalue weighted by atomic mass is 79.9. The van der Waals surface area contributed by atoms with Gasteiger partial charge in [0.2, 0.25) is 0 Å². The first-order valence-corrected chi connectivity index (χ1v) is 7.76. The summed E-state index contributed by atoms with van der Waals surface area (Å²) in [5.74, 6) is 0.830. The van der Waals surface area contributed by atoms with E-state index in [4.69, 9.17) is 0 Å². The summed E-state index contributed by atoms with van der Waals surface area (Å²) in [4.78, 5) is 4.31. The minimum absolute atomic E-state index is 0.0339. The highest BCUT2D eigenvalue weighted by molar-refractivity contribution is 9.10. The largest absolute Gasteiger partial charge is 0.418 e. The van der Waals surface area contributed by atoms with E-state index in [1.165, 1.54) is 17.8 Å². The fourth-order valence-electron chi connectivity index (χ4n) is 1.69. The molecule has 0 amide bonds. The number of nitrogens with one attached hydrogen (secondary N) is 1. The van der Waals surface area contributed by atoms with Crippen molar-refractivity contribution in [2.24, 2.45) is 10.4 Å². The molecule has 0 saturated heterocycles. The minimum Gasteiger partial charge on any atom is -0.334 e. The van der Waals surface area contributed by atoms with Gasteiger partial charge in [-0.05, 0) is 23.6 Å². The lowest BCUT2D eigenvalue weighted by Crippen LogP contribution is -2.27. The lowest BCUT2D eigenvalue weighted by Gasteiger charge is -2.27. The molecule has 110 valence electrons. The number of benzene rings is 1. The van der Waals surface area contributed by atoms with E-state index in [2.05, 4.69) is 40.1 Å². The average molecular weight is 367 g/mol. The lowest BCUT2D eigenvalue weighted by molar-refractivity contribution is -0.136. The van der Waals surface area contributed by atoms with Crippen LogP contribution in [-0.2, 0) is 6.18 Å². The Hall–Kier alpha value is -0.690. The van der Waals surface area contributed by atoms with Gasteiger partial charge in [-0.1, -0.05) is 41.5 Å². The summed E-state index contributed by atoms with van der Waals surface area (Å²) in [6, 6.07) is 4.06. The summed E-state index contributed by atoms with van der Waals surface area (Å²) in [6.07, 6.45) is -4.40. The van der Waals surface area contributed by atoms with Crippen molar-refractivity contribution in [1.29, 1.82) is 0 Å². The fraction of sp³-hybridized carbons (Fsp3) is 0.462. The molecule has 20 heavy (non-hydrogen) atoms. The Balaban J connectivity index is 2.24. The molecule has 7 heteroatoms.